The van der Waals surface area contributed by atoms with Crippen LogP contribution in [0.5, 0.6) is 17.4 Å². The minimum atomic E-state index is -0.667. The van der Waals surface area contributed by atoms with E-state index in [0.29, 0.717) is 40.8 Å². The van der Waals surface area contributed by atoms with Gasteiger partial charge in [-0.1, -0.05) is 11.2 Å². The highest BCUT2D eigenvalue weighted by molar-refractivity contribution is 5.84. The van der Waals surface area contributed by atoms with Gasteiger partial charge in [0.05, 0.1) is 18.7 Å². The first-order chi connectivity index (χ1) is 14.1. The molecule has 7 nitrogen and oxygen atoms in total. The van der Waals surface area contributed by atoms with Crippen LogP contribution in [0.25, 0.3) is 11.1 Å². The summed E-state index contributed by atoms with van der Waals surface area (Å²) in [4.78, 5) is 13.5. The molecule has 0 saturated carbocycles. The van der Waals surface area contributed by atoms with Gasteiger partial charge in [0, 0.05) is 35.4 Å². The molecule has 2 aromatic heterocycles. The summed E-state index contributed by atoms with van der Waals surface area (Å²) in [5.41, 5.74) is 8.15. The molecule has 1 spiro atoms. The van der Waals surface area contributed by atoms with Crippen molar-refractivity contribution in [1.29, 1.82) is 0 Å². The number of ether oxygens (including phenoxy) is 2. The van der Waals surface area contributed by atoms with Gasteiger partial charge in [-0.2, -0.15) is 4.39 Å². The van der Waals surface area contributed by atoms with Crippen molar-refractivity contribution in [2.45, 2.75) is 11.8 Å². The first-order valence-corrected chi connectivity index (χ1v) is 9.03. The smallest absolute Gasteiger partial charge is 0.220 e. The van der Waals surface area contributed by atoms with Crippen molar-refractivity contribution in [3.63, 3.8) is 0 Å². The lowest BCUT2D eigenvalue weighted by Gasteiger charge is -2.40. The largest absolute Gasteiger partial charge is 0.481 e. The second kappa shape index (κ2) is 6.44. The molecule has 29 heavy (non-hydrogen) atoms. The van der Waals surface area contributed by atoms with Crippen LogP contribution >= 0.6 is 0 Å². The van der Waals surface area contributed by atoms with Gasteiger partial charge >= 0.3 is 0 Å². The number of halogens is 1. The minimum absolute atomic E-state index is 0.253. The predicted molar refractivity (Wildman–Crippen MR) is 103 cm³/mol. The number of pyridine rings is 2. The normalized spacial score (nSPS) is 19.4. The third kappa shape index (κ3) is 2.67. The van der Waals surface area contributed by atoms with E-state index in [4.69, 9.17) is 20.0 Å². The Balaban J connectivity index is 1.74. The zero-order valence-corrected chi connectivity index (χ0v) is 15.6. The van der Waals surface area contributed by atoms with Gasteiger partial charge in [0.2, 0.25) is 11.8 Å². The maximum Gasteiger partial charge on any atom is 0.220 e. The molecule has 0 amide bonds. The lowest BCUT2D eigenvalue weighted by atomic mass is 9.70. The Bertz CT molecular complexity index is 1150. The van der Waals surface area contributed by atoms with Crippen LogP contribution in [0.3, 0.4) is 0 Å². The number of nitrogens with zero attached hydrogens (tertiary/aromatic N) is 3. The highest BCUT2D eigenvalue weighted by Crippen LogP contribution is 2.52. The van der Waals surface area contributed by atoms with E-state index in [1.165, 1.54) is 6.20 Å². The molecular weight excluding hydrogens is 375 g/mol. The maximum absolute atomic E-state index is 14.3. The molecule has 0 fully saturated rings. The summed E-state index contributed by atoms with van der Waals surface area (Å²) in [6.07, 6.45) is 3.46. The number of oxime groups is 1. The second-order valence-corrected chi connectivity index (χ2v) is 6.99. The molecule has 1 aromatic carbocycles. The van der Waals surface area contributed by atoms with Crippen LogP contribution in [-0.2, 0) is 10.3 Å². The van der Waals surface area contributed by atoms with Crippen molar-refractivity contribution in [2.75, 3.05) is 13.7 Å². The Morgan fingerprint density at radius 2 is 2.00 bits per heavy atom. The quantitative estimate of drug-likeness (QED) is 0.673. The third-order valence-corrected chi connectivity index (χ3v) is 5.33. The fourth-order valence-corrected chi connectivity index (χ4v) is 3.98. The van der Waals surface area contributed by atoms with E-state index >= 15 is 0 Å². The van der Waals surface area contributed by atoms with Crippen molar-refractivity contribution < 1.29 is 18.7 Å². The molecule has 2 aliphatic rings. The number of hydrogen-bond acceptors (Lipinski definition) is 7. The van der Waals surface area contributed by atoms with Crippen molar-refractivity contribution in [3.8, 4) is 28.5 Å². The Morgan fingerprint density at radius 3 is 2.79 bits per heavy atom. The number of fused-ring (bicyclic) bond motifs is 4. The average Bonchev–Trinajstić information content (AvgIpc) is 2.74. The summed E-state index contributed by atoms with van der Waals surface area (Å²) in [5.74, 6) is 1.51. The first kappa shape index (κ1) is 17.4. The van der Waals surface area contributed by atoms with Crippen LogP contribution in [-0.4, -0.2) is 29.5 Å². The Labute approximate surface area is 165 Å². The first-order valence-electron chi connectivity index (χ1n) is 9.03. The molecule has 0 unspecified atom stereocenters. The summed E-state index contributed by atoms with van der Waals surface area (Å²) in [5, 5.41) is 3.90. The zero-order valence-electron chi connectivity index (χ0n) is 15.6. The summed E-state index contributed by atoms with van der Waals surface area (Å²) in [7, 11) is 1.55. The highest BCUT2D eigenvalue weighted by Gasteiger charge is 2.46. The van der Waals surface area contributed by atoms with Crippen LogP contribution in [0, 0.1) is 5.95 Å². The van der Waals surface area contributed by atoms with Crippen LogP contribution in [0.1, 0.15) is 17.5 Å². The van der Waals surface area contributed by atoms with E-state index < -0.39 is 11.4 Å². The van der Waals surface area contributed by atoms with Crippen LogP contribution in [0.15, 0.2) is 53.9 Å². The predicted octanol–water partition coefficient (Wildman–Crippen LogP) is 3.38. The monoisotopic (exact) mass is 392 g/mol. The highest BCUT2D eigenvalue weighted by atomic mass is 19.1. The van der Waals surface area contributed by atoms with Crippen molar-refractivity contribution in [1.82, 2.24) is 9.97 Å². The maximum atomic E-state index is 14.3. The van der Waals surface area contributed by atoms with Gasteiger partial charge in [-0.25, -0.2) is 9.97 Å². The second-order valence-electron chi connectivity index (χ2n) is 6.99. The number of benzene rings is 1. The van der Waals surface area contributed by atoms with Gasteiger partial charge in [-0.05, 0) is 29.8 Å². The molecule has 2 N–H and O–H groups in total. The lowest BCUT2D eigenvalue weighted by molar-refractivity contribution is 0.0853. The third-order valence-electron chi connectivity index (χ3n) is 5.33. The van der Waals surface area contributed by atoms with Crippen LogP contribution < -0.4 is 15.2 Å². The summed E-state index contributed by atoms with van der Waals surface area (Å²) < 4.78 is 25.7. The molecule has 3 aromatic rings. The standard InChI is InChI=1S/C21H17FN4O3/c1-27-19-8-15-17(10-25-19)29-16-5-4-12(13-3-2-6-24-20(13)22)7-14(16)21(15)9-18(23)26-28-11-21/h2-8,10H,9,11H2,1H3,(H2,23,26)/t21-/m0/s1. The SMILES string of the molecule is COc1cc2c(cn1)Oc1ccc(-c3cccnc3F)cc1[C@]21CON=C(N)C1. The lowest BCUT2D eigenvalue weighted by Crippen LogP contribution is -2.42. The molecule has 0 saturated heterocycles. The van der Waals surface area contributed by atoms with Crippen molar-refractivity contribution in [3.05, 3.63) is 65.9 Å². The zero-order chi connectivity index (χ0) is 20.0. The molecular formula is C21H17FN4O3. The van der Waals surface area contributed by atoms with Crippen molar-refractivity contribution in [2.24, 2.45) is 10.9 Å². The summed E-state index contributed by atoms with van der Waals surface area (Å²) >= 11 is 0. The Kier molecular flexibility index (Phi) is 3.87. The molecule has 0 bridgehead atoms. The van der Waals surface area contributed by atoms with Crippen molar-refractivity contribution >= 4 is 5.84 Å². The van der Waals surface area contributed by atoms with Gasteiger partial charge in [-0.3, -0.25) is 0 Å². The molecule has 4 heterocycles. The van der Waals surface area contributed by atoms with E-state index in [9.17, 15) is 4.39 Å². The number of aromatic nitrogens is 2. The van der Waals surface area contributed by atoms with E-state index in [2.05, 4.69) is 15.1 Å². The van der Waals surface area contributed by atoms with E-state index in [1.807, 2.05) is 18.2 Å². The van der Waals surface area contributed by atoms with Gasteiger partial charge in [0.1, 0.15) is 23.9 Å². The molecule has 0 aliphatic carbocycles. The van der Waals surface area contributed by atoms with E-state index in [1.54, 1.807) is 31.5 Å². The van der Waals surface area contributed by atoms with Gasteiger partial charge in [0.25, 0.3) is 0 Å². The fraction of sp³-hybridized carbons (Fsp3) is 0.190. The minimum Gasteiger partial charge on any atom is -0.481 e. The number of nitrogens with two attached hydrogens (primary N) is 1. The molecule has 0 radical (unpaired) electrons. The van der Waals surface area contributed by atoms with Gasteiger partial charge < -0.3 is 20.0 Å². The summed E-state index contributed by atoms with van der Waals surface area (Å²) in [6.45, 7) is 0.253. The number of rotatable bonds is 2. The van der Waals surface area contributed by atoms with E-state index in [-0.39, 0.29) is 6.61 Å². The summed E-state index contributed by atoms with van der Waals surface area (Å²) in [6, 6.07) is 10.7. The van der Waals surface area contributed by atoms with Crippen LogP contribution in [0.4, 0.5) is 4.39 Å². The fourth-order valence-electron chi connectivity index (χ4n) is 3.98. The van der Waals surface area contributed by atoms with Crippen LogP contribution in [0.2, 0.25) is 0 Å². The number of methoxy groups -OCH3 is 1. The van der Waals surface area contributed by atoms with Gasteiger partial charge in [-0.15, -0.1) is 0 Å². The van der Waals surface area contributed by atoms with E-state index in [0.717, 1.165) is 11.1 Å². The Morgan fingerprint density at radius 1 is 1.14 bits per heavy atom. The molecule has 8 heteroatoms. The number of hydrogen-bond donors (Lipinski definition) is 1. The molecule has 2 aliphatic heterocycles. The topological polar surface area (TPSA) is 91.8 Å². The molecule has 5 rings (SSSR count). The molecule has 1 atom stereocenters. The van der Waals surface area contributed by atoms with Gasteiger partial charge in [0.15, 0.2) is 0 Å². The average molecular weight is 392 g/mol. The molecule has 146 valence electrons. The number of amidine groups is 1. The Hall–Kier alpha value is -3.68.